The van der Waals surface area contributed by atoms with Crippen molar-refractivity contribution in [1.29, 1.82) is 0 Å². The van der Waals surface area contributed by atoms with Crippen LogP contribution >= 0.6 is 23.6 Å². The highest BCUT2D eigenvalue weighted by molar-refractivity contribution is 7.71. The van der Waals surface area contributed by atoms with Gasteiger partial charge in [0.25, 0.3) is 0 Å². The van der Waals surface area contributed by atoms with Crippen LogP contribution in [0.5, 0.6) is 0 Å². The van der Waals surface area contributed by atoms with Crippen LogP contribution in [0.15, 0.2) is 0 Å². The Morgan fingerprint density at radius 3 is 2.65 bits per heavy atom. The summed E-state index contributed by atoms with van der Waals surface area (Å²) in [5.41, 5.74) is 1.00. The second-order valence-corrected chi connectivity index (χ2v) is 7.41. The summed E-state index contributed by atoms with van der Waals surface area (Å²) >= 11 is 6.70. The number of hydrogen-bond acceptors (Lipinski definition) is 5. The average Bonchev–Trinajstić information content (AvgIpc) is 3.06. The Hall–Kier alpha value is -1.05. The summed E-state index contributed by atoms with van der Waals surface area (Å²) in [5, 5.41) is 6.92. The number of thiazole rings is 1. The molecule has 0 spiro atoms. The van der Waals surface area contributed by atoms with Crippen molar-refractivity contribution in [2.75, 3.05) is 6.61 Å². The molecule has 1 saturated heterocycles. The second-order valence-electron chi connectivity index (χ2n) is 6.00. The molecule has 1 unspecified atom stereocenters. The van der Waals surface area contributed by atoms with E-state index < -0.39 is 0 Å². The number of nitrogens with zero attached hydrogens (tertiary/aromatic N) is 2. The Morgan fingerprint density at radius 1 is 1.30 bits per heavy atom. The van der Waals surface area contributed by atoms with Crippen LogP contribution in [0.3, 0.4) is 0 Å². The van der Waals surface area contributed by atoms with Crippen LogP contribution in [-0.2, 0) is 10.2 Å². The van der Waals surface area contributed by atoms with Gasteiger partial charge >= 0.3 is 0 Å². The van der Waals surface area contributed by atoms with E-state index in [9.17, 15) is 0 Å². The van der Waals surface area contributed by atoms with Gasteiger partial charge in [0.2, 0.25) is 4.77 Å². The smallest absolute Gasteiger partial charge is 0.213 e. The Labute approximate surface area is 126 Å². The molecule has 3 rings (SSSR count). The molecule has 0 aliphatic carbocycles. The number of aromatic amines is 2. The summed E-state index contributed by atoms with van der Waals surface area (Å²) in [7, 11) is 0. The second kappa shape index (κ2) is 5.05. The third kappa shape index (κ3) is 2.57. The van der Waals surface area contributed by atoms with Crippen molar-refractivity contribution in [3.05, 3.63) is 15.5 Å². The van der Waals surface area contributed by atoms with E-state index in [-0.39, 0.29) is 11.5 Å². The first-order valence-electron chi connectivity index (χ1n) is 6.73. The highest BCUT2D eigenvalue weighted by Crippen LogP contribution is 2.40. The molecule has 2 aromatic rings. The highest BCUT2D eigenvalue weighted by atomic mass is 32.1. The minimum absolute atomic E-state index is 0.0445. The molecule has 0 saturated carbocycles. The zero-order valence-electron chi connectivity index (χ0n) is 11.8. The number of hydrogen-bond donors (Lipinski definition) is 2. The molecule has 5 nitrogen and oxygen atoms in total. The van der Waals surface area contributed by atoms with Crippen LogP contribution in [0.1, 0.15) is 50.4 Å². The van der Waals surface area contributed by atoms with Gasteiger partial charge in [-0.3, -0.25) is 10.2 Å². The van der Waals surface area contributed by atoms with Gasteiger partial charge in [-0.25, -0.2) is 4.98 Å². The van der Waals surface area contributed by atoms with E-state index in [1.807, 2.05) is 0 Å². The van der Waals surface area contributed by atoms with E-state index >= 15 is 0 Å². The topological polar surface area (TPSA) is 66.6 Å². The van der Waals surface area contributed by atoms with Crippen molar-refractivity contribution < 1.29 is 4.74 Å². The molecule has 20 heavy (non-hydrogen) atoms. The van der Waals surface area contributed by atoms with Gasteiger partial charge in [0, 0.05) is 12.0 Å². The molecule has 2 N–H and O–H groups in total. The lowest BCUT2D eigenvalue weighted by molar-refractivity contribution is 0.111. The zero-order chi connectivity index (χ0) is 14.3. The maximum Gasteiger partial charge on any atom is 0.213 e. The summed E-state index contributed by atoms with van der Waals surface area (Å²) in [5.74, 6) is 0.765. The summed E-state index contributed by atoms with van der Waals surface area (Å²) in [6.07, 6.45) is 2.29. The van der Waals surface area contributed by atoms with Crippen molar-refractivity contribution in [1.82, 2.24) is 20.2 Å². The number of ether oxygens (including phenoxy) is 1. The first kappa shape index (κ1) is 13.9. The van der Waals surface area contributed by atoms with Gasteiger partial charge in [0.15, 0.2) is 5.82 Å². The molecule has 0 amide bonds. The fourth-order valence-electron chi connectivity index (χ4n) is 2.29. The molecule has 1 aliphatic heterocycles. The standard InChI is InChI=1S/C13H18N4OS2/c1-13(2,3)9-8(10-15-12(19)17-16-10)20-11(14-9)7-5-4-6-18-7/h7H,4-6H2,1-3H3,(H2,15,16,17,19). The van der Waals surface area contributed by atoms with Crippen molar-refractivity contribution in [2.24, 2.45) is 0 Å². The van der Waals surface area contributed by atoms with Crippen molar-refractivity contribution in [2.45, 2.75) is 45.1 Å². The number of H-pyrrole nitrogens is 2. The molecule has 1 atom stereocenters. The van der Waals surface area contributed by atoms with Gasteiger partial charge in [0.1, 0.15) is 11.1 Å². The van der Waals surface area contributed by atoms with E-state index in [4.69, 9.17) is 21.9 Å². The van der Waals surface area contributed by atoms with Crippen LogP contribution in [-0.4, -0.2) is 26.8 Å². The van der Waals surface area contributed by atoms with Gasteiger partial charge in [-0.15, -0.1) is 11.3 Å². The van der Waals surface area contributed by atoms with Gasteiger partial charge in [0.05, 0.1) is 10.6 Å². The van der Waals surface area contributed by atoms with Crippen molar-refractivity contribution >= 4 is 23.6 Å². The lowest BCUT2D eigenvalue weighted by Gasteiger charge is -2.16. The third-order valence-electron chi connectivity index (χ3n) is 3.28. The molecule has 1 aliphatic rings. The van der Waals surface area contributed by atoms with Crippen LogP contribution in [0.2, 0.25) is 0 Å². The van der Waals surface area contributed by atoms with Crippen LogP contribution < -0.4 is 0 Å². The molecular weight excluding hydrogens is 292 g/mol. The van der Waals surface area contributed by atoms with E-state index in [1.54, 1.807) is 11.3 Å². The zero-order valence-corrected chi connectivity index (χ0v) is 13.5. The highest BCUT2D eigenvalue weighted by Gasteiger charge is 2.29. The molecule has 0 bridgehead atoms. The molecule has 0 aromatic carbocycles. The average molecular weight is 310 g/mol. The van der Waals surface area contributed by atoms with E-state index in [0.717, 1.165) is 40.9 Å². The Kier molecular flexibility index (Phi) is 3.51. The maximum absolute atomic E-state index is 5.75. The van der Waals surface area contributed by atoms with Gasteiger partial charge in [-0.1, -0.05) is 20.8 Å². The van der Waals surface area contributed by atoms with Crippen molar-refractivity contribution in [3.63, 3.8) is 0 Å². The number of rotatable bonds is 2. The normalized spacial score (nSPS) is 19.6. The lowest BCUT2D eigenvalue weighted by Crippen LogP contribution is -2.13. The van der Waals surface area contributed by atoms with Crippen LogP contribution in [0.25, 0.3) is 10.7 Å². The fourth-order valence-corrected chi connectivity index (χ4v) is 3.74. The molecular formula is C13H18N4OS2. The molecule has 7 heteroatoms. The fraction of sp³-hybridized carbons (Fsp3) is 0.615. The predicted molar refractivity (Wildman–Crippen MR) is 81.5 cm³/mol. The van der Waals surface area contributed by atoms with Gasteiger partial charge < -0.3 is 4.74 Å². The van der Waals surface area contributed by atoms with E-state index in [1.165, 1.54) is 0 Å². The summed E-state index contributed by atoms with van der Waals surface area (Å²) < 4.78 is 6.21. The van der Waals surface area contributed by atoms with Crippen LogP contribution in [0, 0.1) is 4.77 Å². The molecule has 108 valence electrons. The number of nitrogens with one attached hydrogen (secondary N) is 2. The molecule has 0 radical (unpaired) electrons. The first-order chi connectivity index (χ1) is 9.45. The Balaban J connectivity index is 2.09. The minimum atomic E-state index is -0.0445. The van der Waals surface area contributed by atoms with Crippen LogP contribution in [0.4, 0.5) is 0 Å². The number of aromatic nitrogens is 4. The van der Waals surface area contributed by atoms with E-state index in [2.05, 4.69) is 36.0 Å². The quantitative estimate of drug-likeness (QED) is 0.829. The Bertz CT molecular complexity index is 658. The largest absolute Gasteiger partial charge is 0.371 e. The predicted octanol–water partition coefficient (Wildman–Crippen LogP) is 3.74. The summed E-state index contributed by atoms with van der Waals surface area (Å²) in [6, 6.07) is 0. The maximum atomic E-state index is 5.75. The summed E-state index contributed by atoms with van der Waals surface area (Å²) in [4.78, 5) is 10.2. The molecule has 3 heterocycles. The van der Waals surface area contributed by atoms with Gasteiger partial charge in [-0.05, 0) is 25.1 Å². The van der Waals surface area contributed by atoms with Gasteiger partial charge in [-0.2, -0.15) is 4.98 Å². The molecule has 1 fully saturated rings. The minimum Gasteiger partial charge on any atom is -0.371 e. The third-order valence-corrected chi connectivity index (χ3v) is 4.62. The van der Waals surface area contributed by atoms with E-state index in [0.29, 0.717) is 4.77 Å². The van der Waals surface area contributed by atoms with Crippen molar-refractivity contribution in [3.8, 4) is 10.7 Å². The monoisotopic (exact) mass is 310 g/mol. The first-order valence-corrected chi connectivity index (χ1v) is 7.95. The summed E-state index contributed by atoms with van der Waals surface area (Å²) in [6.45, 7) is 7.31. The lowest BCUT2D eigenvalue weighted by atomic mass is 9.91. The Morgan fingerprint density at radius 2 is 2.10 bits per heavy atom. The SMILES string of the molecule is CC(C)(C)c1nc(C2CCCO2)sc1-c1nc(=S)[nH][nH]1. The molecule has 2 aromatic heterocycles.